The number of ether oxygens (including phenoxy) is 1. The maximum absolute atomic E-state index is 6.05. The van der Waals surface area contributed by atoms with Gasteiger partial charge >= 0.3 is 0 Å². The molecule has 3 aromatic carbocycles. The Labute approximate surface area is 211 Å². The third-order valence-electron chi connectivity index (χ3n) is 8.26. The Kier molecular flexibility index (Phi) is 7.04. The number of rotatable bonds is 7. The first-order valence-corrected chi connectivity index (χ1v) is 13.5. The molecular formula is C32H40N2O. The van der Waals surface area contributed by atoms with Gasteiger partial charge in [0.25, 0.3) is 0 Å². The Bertz CT molecular complexity index is 1150. The van der Waals surface area contributed by atoms with Crippen LogP contribution in [0.25, 0.3) is 22.3 Å². The summed E-state index contributed by atoms with van der Waals surface area (Å²) < 4.78 is 6.05. The predicted molar refractivity (Wildman–Crippen MR) is 150 cm³/mol. The van der Waals surface area contributed by atoms with E-state index < -0.39 is 0 Å². The van der Waals surface area contributed by atoms with Crippen molar-refractivity contribution in [1.29, 1.82) is 0 Å². The molecule has 2 N–H and O–H groups in total. The Morgan fingerprint density at radius 3 is 1.40 bits per heavy atom. The average Bonchev–Trinajstić information content (AvgIpc) is 3.58. The first-order valence-electron chi connectivity index (χ1n) is 13.5. The lowest BCUT2D eigenvalue weighted by atomic mass is 9.86. The van der Waals surface area contributed by atoms with Gasteiger partial charge in [-0.25, -0.2) is 0 Å². The van der Waals surface area contributed by atoms with Crippen molar-refractivity contribution in [3.63, 3.8) is 0 Å². The van der Waals surface area contributed by atoms with Crippen molar-refractivity contribution in [2.24, 2.45) is 0 Å². The molecule has 3 nitrogen and oxygen atoms in total. The van der Waals surface area contributed by atoms with E-state index in [-0.39, 0.29) is 0 Å². The van der Waals surface area contributed by atoms with Crippen molar-refractivity contribution in [3.8, 4) is 28.0 Å². The van der Waals surface area contributed by atoms with Gasteiger partial charge in [0.05, 0.1) is 7.11 Å². The van der Waals surface area contributed by atoms with Gasteiger partial charge in [-0.2, -0.15) is 0 Å². The maximum atomic E-state index is 6.05. The average molecular weight is 469 g/mol. The summed E-state index contributed by atoms with van der Waals surface area (Å²) in [6.07, 6.45) is 10.5. The highest BCUT2D eigenvalue weighted by molar-refractivity contribution is 5.86. The molecule has 5 rings (SSSR count). The fraction of sp³-hybridized carbons (Fsp3) is 0.438. The van der Waals surface area contributed by atoms with Crippen molar-refractivity contribution in [1.82, 2.24) is 0 Å². The normalized spacial score (nSPS) is 16.6. The quantitative estimate of drug-likeness (QED) is 0.364. The third-order valence-corrected chi connectivity index (χ3v) is 8.26. The zero-order chi connectivity index (χ0) is 24.4. The van der Waals surface area contributed by atoms with Gasteiger partial charge in [0.1, 0.15) is 5.75 Å². The van der Waals surface area contributed by atoms with Crippen molar-refractivity contribution in [2.45, 2.75) is 84.2 Å². The molecule has 0 unspecified atom stereocenters. The van der Waals surface area contributed by atoms with Gasteiger partial charge < -0.3 is 15.4 Å². The molecule has 0 aromatic heterocycles. The predicted octanol–water partition coefficient (Wildman–Crippen LogP) is 8.66. The second-order valence-electron chi connectivity index (χ2n) is 10.6. The van der Waals surface area contributed by atoms with Crippen LogP contribution in [0.15, 0.2) is 48.5 Å². The van der Waals surface area contributed by atoms with E-state index in [1.807, 2.05) is 0 Å². The molecule has 2 aliphatic carbocycles. The van der Waals surface area contributed by atoms with Gasteiger partial charge in [-0.1, -0.05) is 49.9 Å². The molecule has 3 aromatic rings. The summed E-state index contributed by atoms with van der Waals surface area (Å²) in [5.74, 6) is 0.979. The Morgan fingerprint density at radius 1 is 0.571 bits per heavy atom. The molecule has 184 valence electrons. The number of hydrogen-bond acceptors (Lipinski definition) is 3. The van der Waals surface area contributed by atoms with Crippen molar-refractivity contribution < 1.29 is 4.74 Å². The highest BCUT2D eigenvalue weighted by Crippen LogP contribution is 2.44. The lowest BCUT2D eigenvalue weighted by molar-refractivity contribution is 0.413. The first kappa shape index (κ1) is 23.8. The molecule has 0 saturated heterocycles. The lowest BCUT2D eigenvalue weighted by Gasteiger charge is -2.23. The third kappa shape index (κ3) is 4.91. The molecule has 2 saturated carbocycles. The molecule has 2 aliphatic rings. The van der Waals surface area contributed by atoms with Gasteiger partial charge in [-0.3, -0.25) is 0 Å². The molecule has 0 aliphatic heterocycles. The number of hydrogen-bond donors (Lipinski definition) is 2. The summed E-state index contributed by atoms with van der Waals surface area (Å²) in [6.45, 7) is 6.68. The molecule has 35 heavy (non-hydrogen) atoms. The van der Waals surface area contributed by atoms with E-state index in [0.29, 0.717) is 12.1 Å². The summed E-state index contributed by atoms with van der Waals surface area (Å²) in [4.78, 5) is 0. The minimum atomic E-state index is 0.626. The fourth-order valence-corrected chi connectivity index (χ4v) is 6.24. The van der Waals surface area contributed by atoms with Crippen LogP contribution in [0, 0.1) is 20.8 Å². The Balaban J connectivity index is 1.45. The van der Waals surface area contributed by atoms with Crippen LogP contribution in [0.4, 0.5) is 11.4 Å². The fourth-order valence-electron chi connectivity index (χ4n) is 6.24. The van der Waals surface area contributed by atoms with E-state index in [9.17, 15) is 0 Å². The largest absolute Gasteiger partial charge is 0.496 e. The van der Waals surface area contributed by atoms with Gasteiger partial charge in [0.2, 0.25) is 0 Å². The highest BCUT2D eigenvalue weighted by Gasteiger charge is 2.21. The van der Waals surface area contributed by atoms with Crippen LogP contribution in [0.5, 0.6) is 5.75 Å². The maximum Gasteiger partial charge on any atom is 0.130 e. The first-order chi connectivity index (χ1) is 17.0. The Hall–Kier alpha value is -2.94. The SMILES string of the molecule is COc1c(C)c(-c2ccc(NC3CCCC3)cc2)c(C)c(C)c1-c1ccc(NC2CCCC2)cc1. The van der Waals surface area contributed by atoms with Crippen LogP contribution in [-0.4, -0.2) is 19.2 Å². The highest BCUT2D eigenvalue weighted by atomic mass is 16.5. The second kappa shape index (κ2) is 10.4. The summed E-state index contributed by atoms with van der Waals surface area (Å²) in [5, 5.41) is 7.42. The Morgan fingerprint density at radius 2 is 0.971 bits per heavy atom. The van der Waals surface area contributed by atoms with Gasteiger partial charge in [0.15, 0.2) is 0 Å². The molecule has 0 spiro atoms. The van der Waals surface area contributed by atoms with E-state index in [1.54, 1.807) is 7.11 Å². The van der Waals surface area contributed by atoms with E-state index >= 15 is 0 Å². The smallest absolute Gasteiger partial charge is 0.130 e. The van der Waals surface area contributed by atoms with E-state index in [1.165, 1.54) is 102 Å². The number of benzene rings is 3. The molecule has 0 heterocycles. The zero-order valence-corrected chi connectivity index (χ0v) is 21.8. The molecule has 2 fully saturated rings. The van der Waals surface area contributed by atoms with E-state index in [2.05, 4.69) is 79.9 Å². The summed E-state index contributed by atoms with van der Waals surface area (Å²) >= 11 is 0. The summed E-state index contributed by atoms with van der Waals surface area (Å²) in [6, 6.07) is 19.2. The van der Waals surface area contributed by atoms with Gasteiger partial charge in [-0.05, 0) is 104 Å². The summed E-state index contributed by atoms with van der Waals surface area (Å²) in [7, 11) is 1.80. The number of methoxy groups -OCH3 is 1. The topological polar surface area (TPSA) is 33.3 Å². The minimum Gasteiger partial charge on any atom is -0.496 e. The van der Waals surface area contributed by atoms with Crippen LogP contribution in [0.3, 0.4) is 0 Å². The molecule has 3 heteroatoms. The lowest BCUT2D eigenvalue weighted by Crippen LogP contribution is -2.14. The van der Waals surface area contributed by atoms with Crippen LogP contribution in [0.2, 0.25) is 0 Å². The minimum absolute atomic E-state index is 0.626. The van der Waals surface area contributed by atoms with Crippen molar-refractivity contribution >= 4 is 11.4 Å². The van der Waals surface area contributed by atoms with E-state index in [4.69, 9.17) is 4.74 Å². The molecule has 0 amide bonds. The van der Waals surface area contributed by atoms with Crippen LogP contribution < -0.4 is 15.4 Å². The molecule has 0 atom stereocenters. The standard InChI is InChI=1S/C32H40N2O/c1-21-22(2)31(25-15-19-29(20-16-25)34-27-11-7-8-12-27)32(35-4)23(3)30(21)24-13-17-28(18-14-24)33-26-9-5-6-10-26/h13-20,26-27,33-34H,5-12H2,1-4H3. The second-order valence-corrected chi connectivity index (χ2v) is 10.6. The zero-order valence-electron chi connectivity index (χ0n) is 21.8. The van der Waals surface area contributed by atoms with Crippen molar-refractivity contribution in [3.05, 3.63) is 65.2 Å². The van der Waals surface area contributed by atoms with E-state index in [0.717, 1.165) is 5.75 Å². The van der Waals surface area contributed by atoms with Crippen molar-refractivity contribution in [2.75, 3.05) is 17.7 Å². The molecule has 0 radical (unpaired) electrons. The number of anilines is 2. The van der Waals surface area contributed by atoms with Crippen LogP contribution >= 0.6 is 0 Å². The van der Waals surface area contributed by atoms with Crippen LogP contribution in [0.1, 0.15) is 68.1 Å². The van der Waals surface area contributed by atoms with Gasteiger partial charge in [-0.15, -0.1) is 0 Å². The number of nitrogens with one attached hydrogen (secondary N) is 2. The summed E-state index contributed by atoms with van der Waals surface area (Å²) in [5.41, 5.74) is 11.2. The van der Waals surface area contributed by atoms with Gasteiger partial charge in [0, 0.05) is 29.0 Å². The molecular weight excluding hydrogens is 428 g/mol. The van der Waals surface area contributed by atoms with Crippen LogP contribution in [-0.2, 0) is 0 Å². The monoisotopic (exact) mass is 468 g/mol. The molecule has 0 bridgehead atoms.